The molecule has 8 heteroatoms. The lowest BCUT2D eigenvalue weighted by Crippen LogP contribution is -2.09. The van der Waals surface area contributed by atoms with Gasteiger partial charge in [0.15, 0.2) is 0 Å². The van der Waals surface area contributed by atoms with Gasteiger partial charge in [0.1, 0.15) is 0 Å². The molecule has 0 atom stereocenters. The predicted octanol–water partition coefficient (Wildman–Crippen LogP) is 10.2. The van der Waals surface area contributed by atoms with Gasteiger partial charge in [-0.3, -0.25) is 0 Å². The summed E-state index contributed by atoms with van der Waals surface area (Å²) in [6.07, 6.45) is 0. The Hall–Kier alpha value is -3.54. The Morgan fingerprint density at radius 3 is 0.750 bits per heavy atom. The molecule has 0 bridgehead atoms. The fourth-order valence-corrected chi connectivity index (χ4v) is 6.93. The summed E-state index contributed by atoms with van der Waals surface area (Å²) in [4.78, 5) is 0. The molecule has 226 valence electrons. The molecule has 0 radical (unpaired) electrons. The first-order valence-corrected chi connectivity index (χ1v) is 15.6. The zero-order chi connectivity index (χ0) is 32.0. The molecule has 0 aliphatic heterocycles. The van der Waals surface area contributed by atoms with Crippen molar-refractivity contribution in [2.75, 3.05) is 22.9 Å². The van der Waals surface area contributed by atoms with E-state index in [0.717, 1.165) is 55.6 Å². The minimum Gasteiger partial charge on any atom is -0.397 e. The van der Waals surface area contributed by atoms with Gasteiger partial charge in [-0.15, -0.1) is 0 Å². The van der Waals surface area contributed by atoms with Crippen LogP contribution in [0.25, 0.3) is 0 Å². The van der Waals surface area contributed by atoms with Gasteiger partial charge in [-0.05, 0) is 108 Å². The van der Waals surface area contributed by atoms with Crippen LogP contribution >= 0.6 is 46.4 Å². The molecular formula is C36H34Cl4N4. The van der Waals surface area contributed by atoms with E-state index in [1.165, 1.54) is 0 Å². The second-order valence-electron chi connectivity index (χ2n) is 11.5. The maximum Gasteiger partial charge on any atom is 0.0641 e. The first-order chi connectivity index (χ1) is 20.8. The molecule has 0 saturated heterocycles. The Balaban J connectivity index is 1.70. The van der Waals surface area contributed by atoms with Crippen molar-refractivity contribution in [3.05, 3.63) is 149 Å². The standard InChI is InChI=1S/C36H34Cl4N4/c1-17-9-23(13-27(37)33(17)41)31(24-10-18(2)34(42)28(38)14-24)21-5-7-22(8-6-21)32(25-11-19(3)35(43)29(39)15-25)26-12-20(4)36(44)30(40)16-26/h5-16,31-32H,41-44H2,1-4H3. The molecule has 0 saturated carbocycles. The van der Waals surface area contributed by atoms with Gasteiger partial charge in [0, 0.05) is 11.8 Å². The molecule has 0 amide bonds. The number of hydrogen-bond acceptors (Lipinski definition) is 4. The van der Waals surface area contributed by atoms with Gasteiger partial charge in [-0.1, -0.05) is 94.9 Å². The van der Waals surface area contributed by atoms with E-state index >= 15 is 0 Å². The summed E-state index contributed by atoms with van der Waals surface area (Å²) in [6, 6.07) is 24.5. The van der Waals surface area contributed by atoms with Crippen molar-refractivity contribution in [1.29, 1.82) is 0 Å². The second-order valence-corrected chi connectivity index (χ2v) is 13.1. The highest BCUT2D eigenvalue weighted by atomic mass is 35.5. The molecule has 5 aromatic carbocycles. The zero-order valence-corrected chi connectivity index (χ0v) is 27.9. The molecule has 0 fully saturated rings. The van der Waals surface area contributed by atoms with Gasteiger partial charge >= 0.3 is 0 Å². The van der Waals surface area contributed by atoms with E-state index in [0.29, 0.717) is 42.8 Å². The summed E-state index contributed by atoms with van der Waals surface area (Å²) in [7, 11) is 0. The number of halogens is 4. The lowest BCUT2D eigenvalue weighted by atomic mass is 9.80. The Morgan fingerprint density at radius 1 is 0.364 bits per heavy atom. The summed E-state index contributed by atoms with van der Waals surface area (Å²) in [5.41, 5.74) is 36.8. The van der Waals surface area contributed by atoms with Gasteiger partial charge < -0.3 is 22.9 Å². The molecule has 8 N–H and O–H groups in total. The molecule has 0 unspecified atom stereocenters. The lowest BCUT2D eigenvalue weighted by Gasteiger charge is -2.24. The average Bonchev–Trinajstić information content (AvgIpc) is 2.97. The van der Waals surface area contributed by atoms with E-state index in [-0.39, 0.29) is 11.8 Å². The van der Waals surface area contributed by atoms with Crippen LogP contribution in [0.3, 0.4) is 0 Å². The van der Waals surface area contributed by atoms with Crippen molar-refractivity contribution >= 4 is 69.2 Å². The summed E-state index contributed by atoms with van der Waals surface area (Å²) < 4.78 is 0. The van der Waals surface area contributed by atoms with Gasteiger partial charge in [0.25, 0.3) is 0 Å². The average molecular weight is 665 g/mol. The third-order valence-electron chi connectivity index (χ3n) is 8.37. The third kappa shape index (κ3) is 6.05. The van der Waals surface area contributed by atoms with Gasteiger partial charge in [0.05, 0.1) is 42.8 Å². The van der Waals surface area contributed by atoms with Crippen LogP contribution in [0.2, 0.25) is 20.1 Å². The monoisotopic (exact) mass is 662 g/mol. The second kappa shape index (κ2) is 12.5. The fourth-order valence-electron chi connectivity index (χ4n) is 5.83. The number of anilines is 4. The highest BCUT2D eigenvalue weighted by Crippen LogP contribution is 2.42. The summed E-state index contributed by atoms with van der Waals surface area (Å²) in [5.74, 6) is -0.366. The van der Waals surface area contributed by atoms with Crippen LogP contribution < -0.4 is 22.9 Å². The van der Waals surface area contributed by atoms with Crippen LogP contribution in [0, 0.1) is 27.7 Å². The molecular weight excluding hydrogens is 630 g/mol. The van der Waals surface area contributed by atoms with Crippen molar-refractivity contribution in [1.82, 2.24) is 0 Å². The van der Waals surface area contributed by atoms with Crippen molar-refractivity contribution in [2.24, 2.45) is 0 Å². The number of hydrogen-bond donors (Lipinski definition) is 4. The number of rotatable bonds is 6. The maximum absolute atomic E-state index is 6.59. The number of nitrogen functional groups attached to an aromatic ring is 4. The van der Waals surface area contributed by atoms with E-state index in [4.69, 9.17) is 69.3 Å². The maximum atomic E-state index is 6.59. The van der Waals surface area contributed by atoms with E-state index in [9.17, 15) is 0 Å². The molecule has 0 aliphatic carbocycles. The summed E-state index contributed by atoms with van der Waals surface area (Å²) >= 11 is 26.4. The molecule has 5 aromatic rings. The SMILES string of the molecule is Cc1cc(C(c2ccc(C(c3cc(C)c(N)c(Cl)c3)c3cc(C)c(N)c(Cl)c3)cc2)c2cc(C)c(N)c(Cl)c2)cc(Cl)c1N. The minimum absolute atomic E-state index is 0.183. The van der Waals surface area contributed by atoms with Crippen LogP contribution in [0.15, 0.2) is 72.8 Å². The van der Waals surface area contributed by atoms with Crippen LogP contribution in [0.1, 0.15) is 67.5 Å². The van der Waals surface area contributed by atoms with Crippen LogP contribution in [-0.2, 0) is 0 Å². The Bertz CT molecular complexity index is 1550. The van der Waals surface area contributed by atoms with Crippen molar-refractivity contribution in [3.63, 3.8) is 0 Å². The highest BCUT2D eigenvalue weighted by Gasteiger charge is 2.24. The zero-order valence-electron chi connectivity index (χ0n) is 24.9. The van der Waals surface area contributed by atoms with E-state index in [2.05, 4.69) is 48.5 Å². The van der Waals surface area contributed by atoms with E-state index < -0.39 is 0 Å². The molecule has 4 nitrogen and oxygen atoms in total. The Kier molecular flexibility index (Phi) is 9.02. The van der Waals surface area contributed by atoms with E-state index in [1.54, 1.807) is 0 Å². The van der Waals surface area contributed by atoms with Crippen LogP contribution in [-0.4, -0.2) is 0 Å². The third-order valence-corrected chi connectivity index (χ3v) is 9.62. The van der Waals surface area contributed by atoms with Crippen LogP contribution in [0.4, 0.5) is 22.7 Å². The van der Waals surface area contributed by atoms with Gasteiger partial charge in [-0.25, -0.2) is 0 Å². The normalized spacial score (nSPS) is 11.5. The number of benzene rings is 5. The molecule has 44 heavy (non-hydrogen) atoms. The van der Waals surface area contributed by atoms with E-state index in [1.807, 2.05) is 52.0 Å². The largest absolute Gasteiger partial charge is 0.397 e. The summed E-state index contributed by atoms with van der Waals surface area (Å²) in [6.45, 7) is 7.82. The number of nitrogens with two attached hydrogens (primary N) is 4. The van der Waals surface area contributed by atoms with Gasteiger partial charge in [-0.2, -0.15) is 0 Å². The highest BCUT2D eigenvalue weighted by molar-refractivity contribution is 6.34. The predicted molar refractivity (Wildman–Crippen MR) is 191 cm³/mol. The summed E-state index contributed by atoms with van der Waals surface area (Å²) in [5, 5.41) is 2.02. The first kappa shape index (κ1) is 31.9. The van der Waals surface area contributed by atoms with Crippen LogP contribution in [0.5, 0.6) is 0 Å². The molecule has 0 aromatic heterocycles. The molecule has 0 heterocycles. The lowest BCUT2D eigenvalue weighted by molar-refractivity contribution is 0.947. The molecule has 0 spiro atoms. The Labute approximate surface area is 278 Å². The topological polar surface area (TPSA) is 104 Å². The van der Waals surface area contributed by atoms with Crippen molar-refractivity contribution in [3.8, 4) is 0 Å². The number of aryl methyl sites for hydroxylation is 4. The molecule has 5 rings (SSSR count). The smallest absolute Gasteiger partial charge is 0.0641 e. The first-order valence-electron chi connectivity index (χ1n) is 14.1. The van der Waals surface area contributed by atoms with Crippen molar-refractivity contribution in [2.45, 2.75) is 39.5 Å². The fraction of sp³-hybridized carbons (Fsp3) is 0.167. The van der Waals surface area contributed by atoms with Crippen molar-refractivity contribution < 1.29 is 0 Å². The quantitative estimate of drug-likeness (QED) is 0.107. The van der Waals surface area contributed by atoms with Gasteiger partial charge in [0.2, 0.25) is 0 Å². The minimum atomic E-state index is -0.183. The Morgan fingerprint density at radius 2 is 0.568 bits per heavy atom. The molecule has 0 aliphatic rings.